The highest BCUT2D eigenvalue weighted by Crippen LogP contribution is 2.35. The third-order valence-electron chi connectivity index (χ3n) is 3.67. The average molecular weight is 223 g/mol. The van der Waals surface area contributed by atoms with Gasteiger partial charge in [-0.15, -0.1) is 11.3 Å². The Balaban J connectivity index is 2.08. The van der Waals surface area contributed by atoms with Crippen LogP contribution in [0.2, 0.25) is 0 Å². The molecule has 1 atom stereocenters. The molecule has 15 heavy (non-hydrogen) atoms. The maximum absolute atomic E-state index is 3.45. The van der Waals surface area contributed by atoms with Crippen LogP contribution in [-0.4, -0.2) is 13.1 Å². The summed E-state index contributed by atoms with van der Waals surface area (Å²) in [7, 11) is 0. The van der Waals surface area contributed by atoms with Crippen molar-refractivity contribution in [2.24, 2.45) is 5.92 Å². The van der Waals surface area contributed by atoms with Crippen LogP contribution in [0.15, 0.2) is 11.4 Å². The van der Waals surface area contributed by atoms with Crippen LogP contribution in [0.5, 0.6) is 0 Å². The second-order valence-corrected chi connectivity index (χ2v) is 5.49. The summed E-state index contributed by atoms with van der Waals surface area (Å²) in [5.41, 5.74) is 1.58. The van der Waals surface area contributed by atoms with Gasteiger partial charge in [-0.25, -0.2) is 0 Å². The molecular weight excluding hydrogens is 202 g/mol. The normalized spacial score (nSPS) is 20.4. The fourth-order valence-corrected chi connectivity index (χ4v) is 3.75. The molecule has 1 nitrogen and oxygen atoms in total. The van der Waals surface area contributed by atoms with Crippen molar-refractivity contribution in [2.45, 2.75) is 39.0 Å². The summed E-state index contributed by atoms with van der Waals surface area (Å²) in [6, 6.07) is 2.30. The maximum atomic E-state index is 3.45. The molecule has 0 saturated carbocycles. The van der Waals surface area contributed by atoms with Crippen LogP contribution in [0, 0.1) is 5.92 Å². The molecule has 2 heteroatoms. The van der Waals surface area contributed by atoms with Gasteiger partial charge in [0.1, 0.15) is 0 Å². The van der Waals surface area contributed by atoms with Crippen LogP contribution in [0.4, 0.5) is 0 Å². The molecule has 0 aliphatic carbocycles. The maximum Gasteiger partial charge on any atom is 0.0108 e. The number of rotatable bonds is 3. The Hall–Kier alpha value is -0.340. The zero-order valence-electron chi connectivity index (χ0n) is 9.75. The Morgan fingerprint density at radius 2 is 2.20 bits per heavy atom. The van der Waals surface area contributed by atoms with Crippen molar-refractivity contribution in [3.63, 3.8) is 0 Å². The predicted octanol–water partition coefficient (Wildman–Crippen LogP) is 3.41. The van der Waals surface area contributed by atoms with Crippen LogP contribution >= 0.6 is 11.3 Å². The Morgan fingerprint density at radius 3 is 2.87 bits per heavy atom. The summed E-state index contributed by atoms with van der Waals surface area (Å²) in [4.78, 5) is 1.64. The second kappa shape index (κ2) is 5.13. The average Bonchev–Trinajstić information content (AvgIpc) is 2.77. The lowest BCUT2D eigenvalue weighted by molar-refractivity contribution is 0.332. The zero-order chi connectivity index (χ0) is 10.7. The van der Waals surface area contributed by atoms with Gasteiger partial charge in [-0.1, -0.05) is 13.8 Å². The lowest BCUT2D eigenvalue weighted by Gasteiger charge is -2.28. The smallest absolute Gasteiger partial charge is 0.0108 e. The van der Waals surface area contributed by atoms with Gasteiger partial charge >= 0.3 is 0 Å². The van der Waals surface area contributed by atoms with E-state index in [4.69, 9.17) is 0 Å². The standard InChI is InChI=1S/C13H21NS/c1-3-11-6-9-15-13(11)10(2)12-4-7-14-8-5-12/h6,9-10,12,14H,3-5,7-8H2,1-2H3. The summed E-state index contributed by atoms with van der Waals surface area (Å²) in [6.07, 6.45) is 3.89. The first kappa shape index (κ1) is 11.2. The minimum Gasteiger partial charge on any atom is -0.317 e. The van der Waals surface area contributed by atoms with Crippen molar-refractivity contribution in [2.75, 3.05) is 13.1 Å². The van der Waals surface area contributed by atoms with Crippen LogP contribution in [0.1, 0.15) is 43.0 Å². The van der Waals surface area contributed by atoms with Gasteiger partial charge in [0, 0.05) is 4.88 Å². The van der Waals surface area contributed by atoms with E-state index in [2.05, 4.69) is 30.6 Å². The predicted molar refractivity (Wildman–Crippen MR) is 67.7 cm³/mol. The largest absolute Gasteiger partial charge is 0.317 e. The molecule has 0 aromatic carbocycles. The van der Waals surface area contributed by atoms with Gasteiger partial charge in [-0.3, -0.25) is 0 Å². The quantitative estimate of drug-likeness (QED) is 0.828. The van der Waals surface area contributed by atoms with Crippen molar-refractivity contribution in [1.82, 2.24) is 5.32 Å². The molecule has 1 aliphatic heterocycles. The third kappa shape index (κ3) is 2.43. The topological polar surface area (TPSA) is 12.0 Å². The summed E-state index contributed by atoms with van der Waals surface area (Å²) in [6.45, 7) is 7.10. The first-order chi connectivity index (χ1) is 7.33. The molecule has 1 N–H and O–H groups in total. The van der Waals surface area contributed by atoms with Gasteiger partial charge < -0.3 is 5.32 Å². The number of aryl methyl sites for hydroxylation is 1. The van der Waals surface area contributed by atoms with E-state index >= 15 is 0 Å². The number of hydrogen-bond donors (Lipinski definition) is 1. The van der Waals surface area contributed by atoms with Crippen LogP contribution < -0.4 is 5.32 Å². The highest BCUT2D eigenvalue weighted by molar-refractivity contribution is 7.10. The minimum absolute atomic E-state index is 0.766. The van der Waals surface area contributed by atoms with Gasteiger partial charge in [0.05, 0.1) is 0 Å². The summed E-state index contributed by atoms with van der Waals surface area (Å²) >= 11 is 1.96. The molecule has 1 saturated heterocycles. The summed E-state index contributed by atoms with van der Waals surface area (Å²) in [5.74, 6) is 1.66. The van der Waals surface area contributed by atoms with E-state index < -0.39 is 0 Å². The number of thiophene rings is 1. The SMILES string of the molecule is CCc1ccsc1C(C)C1CCNCC1. The molecule has 2 rings (SSSR count). The molecule has 1 unspecified atom stereocenters. The van der Waals surface area contributed by atoms with Crippen LogP contribution in [-0.2, 0) is 6.42 Å². The molecule has 84 valence electrons. The molecule has 2 heterocycles. The van der Waals surface area contributed by atoms with Crippen LogP contribution in [0.25, 0.3) is 0 Å². The van der Waals surface area contributed by atoms with Gasteiger partial charge in [0.2, 0.25) is 0 Å². The highest BCUT2D eigenvalue weighted by Gasteiger charge is 2.23. The molecule has 1 aromatic rings. The van der Waals surface area contributed by atoms with E-state index in [9.17, 15) is 0 Å². The summed E-state index contributed by atoms with van der Waals surface area (Å²) < 4.78 is 0. The van der Waals surface area contributed by atoms with Gasteiger partial charge in [0.15, 0.2) is 0 Å². The third-order valence-corrected chi connectivity index (χ3v) is 4.83. The highest BCUT2D eigenvalue weighted by atomic mass is 32.1. The number of piperidine rings is 1. The first-order valence-corrected chi connectivity index (χ1v) is 6.98. The number of hydrogen-bond acceptors (Lipinski definition) is 2. The molecule has 0 amide bonds. The lowest BCUT2D eigenvalue weighted by Crippen LogP contribution is -2.30. The molecule has 1 aliphatic rings. The van der Waals surface area contributed by atoms with Crippen molar-refractivity contribution < 1.29 is 0 Å². The Labute approximate surface area is 96.9 Å². The van der Waals surface area contributed by atoms with Gasteiger partial charge in [0.25, 0.3) is 0 Å². The van der Waals surface area contributed by atoms with Crippen molar-refractivity contribution in [3.8, 4) is 0 Å². The van der Waals surface area contributed by atoms with Crippen LogP contribution in [0.3, 0.4) is 0 Å². The molecule has 0 radical (unpaired) electrons. The Bertz CT molecular complexity index is 299. The van der Waals surface area contributed by atoms with Crippen molar-refractivity contribution >= 4 is 11.3 Å². The molecule has 1 aromatic heterocycles. The Morgan fingerprint density at radius 1 is 1.47 bits per heavy atom. The van der Waals surface area contributed by atoms with E-state index in [0.717, 1.165) is 11.8 Å². The zero-order valence-corrected chi connectivity index (χ0v) is 10.6. The van der Waals surface area contributed by atoms with Gasteiger partial charge in [-0.2, -0.15) is 0 Å². The van der Waals surface area contributed by atoms with Crippen molar-refractivity contribution in [3.05, 3.63) is 21.9 Å². The Kier molecular flexibility index (Phi) is 3.81. The van der Waals surface area contributed by atoms with Gasteiger partial charge in [-0.05, 0) is 61.2 Å². The molecular formula is C13H21NS. The minimum atomic E-state index is 0.766. The van der Waals surface area contributed by atoms with Crippen molar-refractivity contribution in [1.29, 1.82) is 0 Å². The second-order valence-electron chi connectivity index (χ2n) is 4.54. The monoisotopic (exact) mass is 223 g/mol. The summed E-state index contributed by atoms with van der Waals surface area (Å²) in [5, 5.41) is 5.70. The lowest BCUT2D eigenvalue weighted by atomic mass is 9.84. The molecule has 1 fully saturated rings. The van der Waals surface area contributed by atoms with E-state index in [1.165, 1.54) is 32.4 Å². The fourth-order valence-electron chi connectivity index (χ4n) is 2.60. The van der Waals surface area contributed by atoms with E-state index in [-0.39, 0.29) is 0 Å². The fraction of sp³-hybridized carbons (Fsp3) is 0.692. The molecule has 0 spiro atoms. The first-order valence-electron chi connectivity index (χ1n) is 6.10. The van der Waals surface area contributed by atoms with E-state index in [1.54, 1.807) is 10.4 Å². The van der Waals surface area contributed by atoms with E-state index in [0.29, 0.717) is 0 Å². The van der Waals surface area contributed by atoms with E-state index in [1.807, 2.05) is 11.3 Å². The number of nitrogens with one attached hydrogen (secondary N) is 1. The molecule has 0 bridgehead atoms.